The van der Waals surface area contributed by atoms with Gasteiger partial charge in [-0.05, 0) is 45.6 Å². The molecule has 1 atom stereocenters. The second-order valence-corrected chi connectivity index (χ2v) is 6.16. The van der Waals surface area contributed by atoms with Gasteiger partial charge in [-0.3, -0.25) is 14.8 Å². The number of likely N-dealkylation sites (N-methyl/N-ethyl adjacent to an activating group) is 2. The van der Waals surface area contributed by atoms with Crippen LogP contribution in [-0.4, -0.2) is 60.1 Å². The first kappa shape index (κ1) is 14.4. The lowest BCUT2D eigenvalue weighted by Crippen LogP contribution is -2.63. The van der Waals surface area contributed by atoms with E-state index < -0.39 is 0 Å². The molecule has 0 bridgehead atoms. The molecule has 4 heteroatoms. The molecule has 1 aromatic heterocycles. The van der Waals surface area contributed by atoms with Gasteiger partial charge in [-0.25, -0.2) is 0 Å². The lowest BCUT2D eigenvalue weighted by Gasteiger charge is -2.50. The number of rotatable bonds is 4. The van der Waals surface area contributed by atoms with E-state index in [-0.39, 0.29) is 5.54 Å². The van der Waals surface area contributed by atoms with E-state index in [4.69, 9.17) is 0 Å². The van der Waals surface area contributed by atoms with Crippen molar-refractivity contribution in [2.45, 2.75) is 32.0 Å². The molecule has 1 aliphatic heterocycles. The van der Waals surface area contributed by atoms with E-state index in [0.29, 0.717) is 6.04 Å². The summed E-state index contributed by atoms with van der Waals surface area (Å²) < 4.78 is 0. The van der Waals surface area contributed by atoms with E-state index in [1.165, 1.54) is 5.56 Å². The molecular formula is C15H26N4. The van der Waals surface area contributed by atoms with Crippen molar-refractivity contribution in [1.29, 1.82) is 0 Å². The number of hydrogen-bond donors (Lipinski definition) is 1. The van der Waals surface area contributed by atoms with Crippen LogP contribution in [0.4, 0.5) is 0 Å². The Morgan fingerprint density at radius 1 is 1.37 bits per heavy atom. The van der Waals surface area contributed by atoms with Gasteiger partial charge in [0.1, 0.15) is 0 Å². The summed E-state index contributed by atoms with van der Waals surface area (Å²) in [4.78, 5) is 9.15. The minimum atomic E-state index is 0.233. The van der Waals surface area contributed by atoms with Crippen LogP contribution < -0.4 is 5.32 Å². The molecule has 106 valence electrons. The Kier molecular flexibility index (Phi) is 4.55. The van der Waals surface area contributed by atoms with Crippen LogP contribution in [0.15, 0.2) is 24.5 Å². The number of hydrogen-bond acceptors (Lipinski definition) is 4. The molecule has 4 nitrogen and oxygen atoms in total. The summed E-state index contributed by atoms with van der Waals surface area (Å²) in [7, 11) is 4.26. The predicted molar refractivity (Wildman–Crippen MR) is 79.1 cm³/mol. The molecule has 0 saturated carbocycles. The minimum absolute atomic E-state index is 0.233. The van der Waals surface area contributed by atoms with E-state index in [9.17, 15) is 0 Å². The van der Waals surface area contributed by atoms with Gasteiger partial charge in [0.05, 0.1) is 0 Å². The van der Waals surface area contributed by atoms with Gasteiger partial charge >= 0.3 is 0 Å². The van der Waals surface area contributed by atoms with Crippen LogP contribution in [0.3, 0.4) is 0 Å². The van der Waals surface area contributed by atoms with Crippen LogP contribution >= 0.6 is 0 Å². The summed E-state index contributed by atoms with van der Waals surface area (Å²) in [6, 6.07) is 4.79. The zero-order valence-corrected chi connectivity index (χ0v) is 12.6. The third-order valence-corrected chi connectivity index (χ3v) is 4.20. The van der Waals surface area contributed by atoms with E-state index in [0.717, 1.165) is 26.2 Å². The van der Waals surface area contributed by atoms with Crippen LogP contribution in [0, 0.1) is 0 Å². The smallest absolute Gasteiger partial charge is 0.0352 e. The number of aromatic nitrogens is 1. The molecule has 0 spiro atoms. The van der Waals surface area contributed by atoms with Crippen LogP contribution in [0.25, 0.3) is 0 Å². The van der Waals surface area contributed by atoms with Crippen LogP contribution in [0.2, 0.25) is 0 Å². The maximum absolute atomic E-state index is 4.10. The maximum Gasteiger partial charge on any atom is 0.0352 e. The van der Waals surface area contributed by atoms with Crippen molar-refractivity contribution in [2.24, 2.45) is 0 Å². The monoisotopic (exact) mass is 262 g/mol. The summed E-state index contributed by atoms with van der Waals surface area (Å²) in [5.41, 5.74) is 1.58. The highest BCUT2D eigenvalue weighted by Gasteiger charge is 2.36. The van der Waals surface area contributed by atoms with Crippen molar-refractivity contribution >= 4 is 0 Å². The third-order valence-electron chi connectivity index (χ3n) is 4.20. The molecule has 1 saturated heterocycles. The Bertz CT molecular complexity index is 390. The summed E-state index contributed by atoms with van der Waals surface area (Å²) in [5, 5.41) is 3.32. The highest BCUT2D eigenvalue weighted by Crippen LogP contribution is 2.24. The molecule has 1 aliphatic rings. The second-order valence-electron chi connectivity index (χ2n) is 6.16. The van der Waals surface area contributed by atoms with Gasteiger partial charge in [0.15, 0.2) is 0 Å². The third kappa shape index (κ3) is 3.53. The first-order chi connectivity index (χ1) is 9.03. The molecule has 0 radical (unpaired) electrons. The lowest BCUT2D eigenvalue weighted by molar-refractivity contribution is -0.00480. The molecule has 2 rings (SSSR count). The number of pyridine rings is 1. The molecule has 1 N–H and O–H groups in total. The van der Waals surface area contributed by atoms with Crippen molar-refractivity contribution in [3.8, 4) is 0 Å². The van der Waals surface area contributed by atoms with Gasteiger partial charge in [-0.1, -0.05) is 0 Å². The number of nitrogens with zero attached hydrogens (tertiary/aromatic N) is 3. The van der Waals surface area contributed by atoms with Crippen LogP contribution in [0.1, 0.15) is 19.4 Å². The Balaban J connectivity index is 2.10. The van der Waals surface area contributed by atoms with E-state index in [2.05, 4.69) is 53.1 Å². The fourth-order valence-corrected chi connectivity index (χ4v) is 2.76. The van der Waals surface area contributed by atoms with Crippen molar-refractivity contribution < 1.29 is 0 Å². The van der Waals surface area contributed by atoms with E-state index >= 15 is 0 Å². The summed E-state index contributed by atoms with van der Waals surface area (Å²) in [6.45, 7) is 8.89. The molecule has 2 heterocycles. The van der Waals surface area contributed by atoms with Gasteiger partial charge < -0.3 is 5.32 Å². The molecule has 1 unspecified atom stereocenters. The normalized spacial score (nSPS) is 24.5. The van der Waals surface area contributed by atoms with Crippen molar-refractivity contribution in [3.05, 3.63) is 30.1 Å². The summed E-state index contributed by atoms with van der Waals surface area (Å²) in [6.07, 6.45) is 3.76. The van der Waals surface area contributed by atoms with Gasteiger partial charge in [0.25, 0.3) is 0 Å². The van der Waals surface area contributed by atoms with E-state index in [1.54, 1.807) is 0 Å². The Hall–Kier alpha value is -0.970. The molecule has 0 aromatic carbocycles. The average molecular weight is 262 g/mol. The largest absolute Gasteiger partial charge is 0.318 e. The zero-order valence-electron chi connectivity index (χ0n) is 12.6. The van der Waals surface area contributed by atoms with Crippen molar-refractivity contribution in [3.63, 3.8) is 0 Å². The predicted octanol–water partition coefficient (Wildman–Crippen LogP) is 1.20. The van der Waals surface area contributed by atoms with Crippen LogP contribution in [0.5, 0.6) is 0 Å². The highest BCUT2D eigenvalue weighted by atomic mass is 15.3. The molecule has 1 fully saturated rings. The fraction of sp³-hybridized carbons (Fsp3) is 0.667. The van der Waals surface area contributed by atoms with Crippen molar-refractivity contribution in [1.82, 2.24) is 20.1 Å². The number of nitrogens with one attached hydrogen (secondary N) is 1. The summed E-state index contributed by atoms with van der Waals surface area (Å²) >= 11 is 0. The second kappa shape index (κ2) is 5.99. The topological polar surface area (TPSA) is 31.4 Å². The SMILES string of the molecule is CNCC1CN(C)C(C)(C)CN1Cc1ccncc1. The van der Waals surface area contributed by atoms with Crippen LogP contribution in [-0.2, 0) is 6.54 Å². The maximum atomic E-state index is 4.10. The molecule has 19 heavy (non-hydrogen) atoms. The number of piperazine rings is 1. The minimum Gasteiger partial charge on any atom is -0.318 e. The average Bonchev–Trinajstić information content (AvgIpc) is 2.37. The molecule has 0 amide bonds. The first-order valence-electron chi connectivity index (χ1n) is 7.02. The Morgan fingerprint density at radius 2 is 2.05 bits per heavy atom. The zero-order chi connectivity index (χ0) is 13.9. The standard InChI is InChI=1S/C15H26N4/c1-15(2)12-19(10-13-5-7-17-8-6-13)14(9-16-3)11-18(15)4/h5-8,14,16H,9-12H2,1-4H3. The highest BCUT2D eigenvalue weighted by molar-refractivity contribution is 5.10. The van der Waals surface area contributed by atoms with Gasteiger partial charge in [-0.2, -0.15) is 0 Å². The molecule has 1 aromatic rings. The quantitative estimate of drug-likeness (QED) is 0.883. The van der Waals surface area contributed by atoms with Gasteiger partial charge in [-0.15, -0.1) is 0 Å². The van der Waals surface area contributed by atoms with Crippen molar-refractivity contribution in [2.75, 3.05) is 33.7 Å². The Morgan fingerprint density at radius 3 is 2.68 bits per heavy atom. The lowest BCUT2D eigenvalue weighted by atomic mass is 9.95. The fourth-order valence-electron chi connectivity index (χ4n) is 2.76. The van der Waals surface area contributed by atoms with Gasteiger partial charge in [0.2, 0.25) is 0 Å². The molecular weight excluding hydrogens is 236 g/mol. The Labute approximate surface area is 116 Å². The van der Waals surface area contributed by atoms with Gasteiger partial charge in [0, 0.05) is 50.2 Å². The summed E-state index contributed by atoms with van der Waals surface area (Å²) in [5.74, 6) is 0. The van der Waals surface area contributed by atoms with E-state index in [1.807, 2.05) is 19.4 Å². The first-order valence-corrected chi connectivity index (χ1v) is 7.02. The molecule has 0 aliphatic carbocycles.